The minimum atomic E-state index is 0.500. The zero-order chi connectivity index (χ0) is 3.91. The van der Waals surface area contributed by atoms with Crippen molar-refractivity contribution in [1.82, 2.24) is 0 Å². The third kappa shape index (κ3) is 0.618. The van der Waals surface area contributed by atoms with Crippen LogP contribution in [0.4, 0.5) is 0 Å². The van der Waals surface area contributed by atoms with Gasteiger partial charge in [-0.05, 0) is 6.92 Å². The Kier molecular flexibility index (Phi) is 0.346. The van der Waals surface area contributed by atoms with Gasteiger partial charge in [-0.25, -0.2) is 0 Å². The van der Waals surface area contributed by atoms with Crippen LogP contribution in [0.15, 0.2) is 0 Å². The highest BCUT2D eigenvalue weighted by Crippen LogP contribution is 2.27. The number of quaternary nitrogens is 1. The Labute approximate surface area is 32.2 Å². The third-order valence-corrected chi connectivity index (χ3v) is 1.10. The third-order valence-electron chi connectivity index (χ3n) is 1.10. The number of rotatable bonds is 0. The fourth-order valence-electron chi connectivity index (χ4n) is 0.213. The maximum atomic E-state index is 3.88. The second kappa shape index (κ2) is 0.548. The zero-order valence-corrected chi connectivity index (χ0v) is 3.62. The van der Waals surface area contributed by atoms with Gasteiger partial charge in [-0.15, -0.1) is 0 Å². The monoisotopic (exact) mass is 72.1 g/mol. The molecule has 0 aliphatic heterocycles. The van der Waals surface area contributed by atoms with Gasteiger partial charge in [0.05, 0.1) is 5.54 Å². The lowest BCUT2D eigenvalue weighted by Crippen LogP contribution is -2.61. The maximum absolute atomic E-state index is 3.88. The Morgan fingerprint density at radius 2 is 1.80 bits per heavy atom. The van der Waals surface area contributed by atoms with Crippen molar-refractivity contribution in [1.29, 1.82) is 0 Å². The van der Waals surface area contributed by atoms with Gasteiger partial charge in [-0.1, -0.05) is 0 Å². The van der Waals surface area contributed by atoms with Crippen LogP contribution < -0.4 is 5.73 Å². The van der Waals surface area contributed by atoms with Gasteiger partial charge in [0.1, 0.15) is 0 Å². The van der Waals surface area contributed by atoms with Crippen LogP contribution in [0.2, 0.25) is 0 Å². The lowest BCUT2D eigenvalue weighted by molar-refractivity contribution is -0.431. The highest BCUT2D eigenvalue weighted by molar-refractivity contribution is 4.85. The number of hydrogen-bond acceptors (Lipinski definition) is 0. The van der Waals surface area contributed by atoms with E-state index >= 15 is 0 Å². The van der Waals surface area contributed by atoms with Gasteiger partial charge in [0, 0.05) is 12.8 Å². The predicted octanol–water partition coefficient (Wildman–Crippen LogP) is -0.219. The van der Waals surface area contributed by atoms with Crippen LogP contribution >= 0.6 is 0 Å². The maximum Gasteiger partial charge on any atom is 0.0922 e. The second-order valence-corrected chi connectivity index (χ2v) is 2.31. The first kappa shape index (κ1) is 3.16. The first-order valence-electron chi connectivity index (χ1n) is 2.06. The summed E-state index contributed by atoms with van der Waals surface area (Å²) in [5.41, 5.74) is 4.38. The van der Waals surface area contributed by atoms with Crippen molar-refractivity contribution in [2.75, 3.05) is 0 Å². The summed E-state index contributed by atoms with van der Waals surface area (Å²) in [6, 6.07) is 0. The van der Waals surface area contributed by atoms with Crippen LogP contribution in [0.3, 0.4) is 0 Å². The molecule has 0 unspecified atom stereocenters. The van der Waals surface area contributed by atoms with Crippen molar-refractivity contribution in [2.45, 2.75) is 25.3 Å². The molecule has 1 aliphatic rings. The van der Waals surface area contributed by atoms with Crippen LogP contribution in [0.1, 0.15) is 19.8 Å². The van der Waals surface area contributed by atoms with Gasteiger partial charge in [-0.3, -0.25) is 0 Å². The molecule has 30 valence electrons. The largest absolute Gasteiger partial charge is 0.353 e. The van der Waals surface area contributed by atoms with Crippen LogP contribution in [-0.2, 0) is 0 Å². The van der Waals surface area contributed by atoms with E-state index in [0.717, 1.165) is 0 Å². The molecule has 0 spiro atoms. The van der Waals surface area contributed by atoms with E-state index in [2.05, 4.69) is 12.7 Å². The lowest BCUT2D eigenvalue weighted by Gasteiger charge is -1.83. The van der Waals surface area contributed by atoms with Crippen LogP contribution in [-0.4, -0.2) is 5.54 Å². The predicted molar refractivity (Wildman–Crippen MR) is 20.5 cm³/mol. The van der Waals surface area contributed by atoms with Gasteiger partial charge in [-0.2, -0.15) is 0 Å². The Morgan fingerprint density at radius 1 is 1.60 bits per heavy atom. The average molecular weight is 72.1 g/mol. The summed E-state index contributed by atoms with van der Waals surface area (Å²) < 4.78 is 0. The summed E-state index contributed by atoms with van der Waals surface area (Å²) in [6.07, 6.45) is 2.68. The molecule has 1 saturated carbocycles. The normalized spacial score (nSPS) is 30.0. The van der Waals surface area contributed by atoms with Crippen molar-refractivity contribution >= 4 is 0 Å². The molecule has 3 N–H and O–H groups in total. The first-order chi connectivity index (χ1) is 2.21. The van der Waals surface area contributed by atoms with Gasteiger partial charge < -0.3 is 5.73 Å². The minimum absolute atomic E-state index is 0.500. The summed E-state index contributed by atoms with van der Waals surface area (Å²) in [7, 11) is 0. The first-order valence-corrected chi connectivity index (χ1v) is 2.06. The molecule has 1 rings (SSSR count). The lowest BCUT2D eigenvalue weighted by atomic mass is 10.4. The van der Waals surface area contributed by atoms with E-state index < -0.39 is 0 Å². The minimum Gasteiger partial charge on any atom is -0.353 e. The molecule has 0 aromatic rings. The second-order valence-electron chi connectivity index (χ2n) is 2.31. The summed E-state index contributed by atoms with van der Waals surface area (Å²) >= 11 is 0. The fraction of sp³-hybridized carbons (Fsp3) is 1.00. The van der Waals surface area contributed by atoms with Crippen LogP contribution in [0.5, 0.6) is 0 Å². The standard InChI is InChI=1S/C4H9N/c1-4(5)2-3-4/h2-3,5H2,1H3/p+1. The highest BCUT2D eigenvalue weighted by atomic mass is 14.8. The van der Waals surface area contributed by atoms with E-state index in [1.807, 2.05) is 0 Å². The van der Waals surface area contributed by atoms with E-state index in [-0.39, 0.29) is 0 Å². The van der Waals surface area contributed by atoms with Gasteiger partial charge >= 0.3 is 0 Å². The van der Waals surface area contributed by atoms with Crippen molar-refractivity contribution in [3.05, 3.63) is 0 Å². The average Bonchev–Trinajstić information content (AvgIpc) is 1.76. The van der Waals surface area contributed by atoms with Gasteiger partial charge in [0.25, 0.3) is 0 Å². The van der Waals surface area contributed by atoms with E-state index in [0.29, 0.717) is 5.54 Å². The quantitative estimate of drug-likeness (QED) is 0.410. The molecular formula is C4H10N+. The smallest absolute Gasteiger partial charge is 0.0922 e. The van der Waals surface area contributed by atoms with Crippen molar-refractivity contribution in [3.63, 3.8) is 0 Å². The zero-order valence-electron chi connectivity index (χ0n) is 3.62. The van der Waals surface area contributed by atoms with Crippen molar-refractivity contribution in [3.8, 4) is 0 Å². The van der Waals surface area contributed by atoms with E-state index in [1.54, 1.807) is 0 Å². The SMILES string of the molecule is CC1([NH3+])CC1. The molecule has 0 heterocycles. The molecule has 1 nitrogen and oxygen atoms in total. The molecule has 1 aliphatic carbocycles. The fourth-order valence-corrected chi connectivity index (χ4v) is 0.213. The topological polar surface area (TPSA) is 27.6 Å². The molecule has 0 aromatic heterocycles. The van der Waals surface area contributed by atoms with Crippen molar-refractivity contribution in [2.24, 2.45) is 0 Å². The van der Waals surface area contributed by atoms with Crippen molar-refractivity contribution < 1.29 is 5.73 Å². The van der Waals surface area contributed by atoms with E-state index in [9.17, 15) is 0 Å². The molecule has 0 amide bonds. The summed E-state index contributed by atoms with van der Waals surface area (Å²) in [5.74, 6) is 0. The Balaban J connectivity index is 2.38. The molecule has 0 saturated heterocycles. The summed E-state index contributed by atoms with van der Waals surface area (Å²) in [4.78, 5) is 0. The van der Waals surface area contributed by atoms with Gasteiger partial charge in [0.2, 0.25) is 0 Å². The molecule has 5 heavy (non-hydrogen) atoms. The Hall–Kier alpha value is -0.0400. The molecular weight excluding hydrogens is 62.1 g/mol. The van der Waals surface area contributed by atoms with Crippen LogP contribution in [0, 0.1) is 0 Å². The molecule has 0 bridgehead atoms. The summed E-state index contributed by atoms with van der Waals surface area (Å²) in [6.45, 7) is 2.19. The van der Waals surface area contributed by atoms with Gasteiger partial charge in [0.15, 0.2) is 0 Å². The molecule has 1 heteroatoms. The Morgan fingerprint density at radius 3 is 1.80 bits per heavy atom. The number of hydrogen-bond donors (Lipinski definition) is 1. The molecule has 0 atom stereocenters. The van der Waals surface area contributed by atoms with Crippen LogP contribution in [0.25, 0.3) is 0 Å². The van der Waals surface area contributed by atoms with E-state index in [1.165, 1.54) is 12.8 Å². The summed E-state index contributed by atoms with van der Waals surface area (Å²) in [5, 5.41) is 0. The molecule has 0 radical (unpaired) electrons. The molecule has 1 fully saturated rings. The Bertz CT molecular complexity index is 41.6. The van der Waals surface area contributed by atoms with E-state index in [4.69, 9.17) is 0 Å². The molecule has 0 aromatic carbocycles. The highest BCUT2D eigenvalue weighted by Gasteiger charge is 2.36.